The van der Waals surface area contributed by atoms with Crippen LogP contribution in [-0.4, -0.2) is 41.9 Å². The first-order chi connectivity index (χ1) is 15.7. The summed E-state index contributed by atoms with van der Waals surface area (Å²) in [6.07, 6.45) is 0. The zero-order chi connectivity index (χ0) is 25.6. The molecular weight excluding hydrogens is 435 g/mol. The predicted octanol–water partition coefficient (Wildman–Crippen LogP) is 5.56. The minimum Gasteiger partial charge on any atom is -0.507 e. The lowest BCUT2D eigenvalue weighted by Gasteiger charge is -2.28. The van der Waals surface area contributed by atoms with Gasteiger partial charge in [0, 0.05) is 23.2 Å². The van der Waals surface area contributed by atoms with Gasteiger partial charge in [-0.15, -0.1) is 0 Å². The van der Waals surface area contributed by atoms with E-state index in [2.05, 4.69) is 0 Å². The van der Waals surface area contributed by atoms with E-state index in [0.717, 1.165) is 0 Å². The van der Waals surface area contributed by atoms with Crippen LogP contribution in [0, 0.1) is 11.2 Å². The van der Waals surface area contributed by atoms with Crippen LogP contribution in [0.1, 0.15) is 81.1 Å². The van der Waals surface area contributed by atoms with E-state index in [1.807, 2.05) is 41.5 Å². The van der Waals surface area contributed by atoms with Gasteiger partial charge in [-0.05, 0) is 41.5 Å². The summed E-state index contributed by atoms with van der Waals surface area (Å²) in [4.78, 5) is 14.9. The van der Waals surface area contributed by atoms with Crippen LogP contribution in [0.25, 0.3) is 0 Å². The second-order valence-corrected chi connectivity index (χ2v) is 10.7. The second kappa shape index (κ2) is 8.93. The van der Waals surface area contributed by atoms with E-state index >= 15 is 4.39 Å². The summed E-state index contributed by atoms with van der Waals surface area (Å²) in [5, 5.41) is 19.5. The van der Waals surface area contributed by atoms with Crippen LogP contribution in [0.4, 0.5) is 4.39 Å². The van der Waals surface area contributed by atoms with Crippen molar-refractivity contribution in [2.24, 2.45) is 0 Å². The molecule has 34 heavy (non-hydrogen) atoms. The number of nitrogens with zero attached hydrogens (tertiary/aromatic N) is 1. The molecule has 0 aromatic heterocycles. The smallest absolute Gasteiger partial charge is 0.197 e. The van der Waals surface area contributed by atoms with Crippen molar-refractivity contribution < 1.29 is 23.8 Å². The SMILES string of the molecule is CCOc1c(OC)cc2c(c1F)C(=N)N(CC(=O)c1cc(C(C)(C)C)c(O)c(C(C)(C)C)c1)C2. The highest BCUT2D eigenvalue weighted by Gasteiger charge is 2.34. The largest absolute Gasteiger partial charge is 0.507 e. The van der Waals surface area contributed by atoms with Crippen LogP contribution in [0.15, 0.2) is 18.2 Å². The lowest BCUT2D eigenvalue weighted by molar-refractivity contribution is 0.0962. The monoisotopic (exact) mass is 470 g/mol. The van der Waals surface area contributed by atoms with Crippen molar-refractivity contribution in [1.82, 2.24) is 4.90 Å². The molecule has 0 aliphatic carbocycles. The molecule has 2 aromatic rings. The Bertz CT molecular complexity index is 1110. The molecule has 0 saturated heterocycles. The van der Waals surface area contributed by atoms with Gasteiger partial charge in [0.1, 0.15) is 11.6 Å². The number of methoxy groups -OCH3 is 1. The third-order valence-corrected chi connectivity index (χ3v) is 6.07. The Hall–Kier alpha value is -3.09. The maximum atomic E-state index is 15.2. The van der Waals surface area contributed by atoms with Crippen molar-refractivity contribution in [2.45, 2.75) is 65.8 Å². The van der Waals surface area contributed by atoms with Crippen molar-refractivity contribution in [1.29, 1.82) is 5.41 Å². The number of aromatic hydroxyl groups is 1. The van der Waals surface area contributed by atoms with Crippen LogP contribution in [0.5, 0.6) is 17.2 Å². The Kier molecular flexibility index (Phi) is 6.71. The molecule has 1 aliphatic heterocycles. The van der Waals surface area contributed by atoms with E-state index in [-0.39, 0.29) is 65.0 Å². The number of phenolic OH excluding ortho intramolecular Hbond substituents is 1. The fourth-order valence-electron chi connectivity index (χ4n) is 4.25. The van der Waals surface area contributed by atoms with E-state index in [0.29, 0.717) is 22.3 Å². The molecule has 2 aromatic carbocycles. The third-order valence-electron chi connectivity index (χ3n) is 6.07. The maximum absolute atomic E-state index is 15.2. The summed E-state index contributed by atoms with van der Waals surface area (Å²) in [6, 6.07) is 5.13. The van der Waals surface area contributed by atoms with Gasteiger partial charge in [-0.3, -0.25) is 10.2 Å². The van der Waals surface area contributed by atoms with Crippen LogP contribution >= 0.6 is 0 Å². The van der Waals surface area contributed by atoms with Gasteiger partial charge in [0.25, 0.3) is 0 Å². The number of Topliss-reactive ketones (excluding diaryl/α,β-unsaturated/α-hetero) is 1. The van der Waals surface area contributed by atoms with Crippen LogP contribution < -0.4 is 9.47 Å². The van der Waals surface area contributed by atoms with Crippen LogP contribution in [-0.2, 0) is 17.4 Å². The molecule has 0 saturated carbocycles. The van der Waals surface area contributed by atoms with Gasteiger partial charge in [-0.25, -0.2) is 4.39 Å². The fraction of sp³-hybridized carbons (Fsp3) is 0.481. The number of rotatable bonds is 6. The van der Waals surface area contributed by atoms with Gasteiger partial charge in [0.2, 0.25) is 0 Å². The lowest BCUT2D eigenvalue weighted by atomic mass is 9.78. The van der Waals surface area contributed by atoms with Gasteiger partial charge < -0.3 is 19.5 Å². The molecular formula is C27H35FN2O4. The number of carbonyl (C=O) groups is 1. The highest BCUT2D eigenvalue weighted by molar-refractivity contribution is 6.06. The first kappa shape index (κ1) is 25.5. The molecule has 0 fully saturated rings. The fourth-order valence-corrected chi connectivity index (χ4v) is 4.25. The summed E-state index contributed by atoms with van der Waals surface area (Å²) >= 11 is 0. The summed E-state index contributed by atoms with van der Waals surface area (Å²) in [5.41, 5.74) is 1.82. The van der Waals surface area contributed by atoms with E-state index in [1.54, 1.807) is 30.0 Å². The highest BCUT2D eigenvalue weighted by atomic mass is 19.1. The molecule has 3 rings (SSSR count). The normalized spacial score (nSPS) is 13.8. The highest BCUT2D eigenvalue weighted by Crippen LogP contribution is 2.41. The molecule has 7 heteroatoms. The number of hydrogen-bond donors (Lipinski definition) is 2. The average molecular weight is 471 g/mol. The Labute approximate surface area is 201 Å². The average Bonchev–Trinajstić information content (AvgIpc) is 3.03. The van der Waals surface area contributed by atoms with Crippen molar-refractivity contribution >= 4 is 11.6 Å². The predicted molar refractivity (Wildman–Crippen MR) is 131 cm³/mol. The Morgan fingerprint density at radius 2 is 1.68 bits per heavy atom. The summed E-state index contributed by atoms with van der Waals surface area (Å²) in [7, 11) is 1.44. The van der Waals surface area contributed by atoms with E-state index in [1.165, 1.54) is 7.11 Å². The topological polar surface area (TPSA) is 82.9 Å². The molecule has 0 unspecified atom stereocenters. The van der Waals surface area contributed by atoms with E-state index in [9.17, 15) is 9.90 Å². The standard InChI is InChI=1S/C27H35FN2O4/c1-9-34-24-20(33-8)12-16-13-30(25(29)21(16)22(24)28)14-19(31)15-10-17(26(2,3)4)23(32)18(11-15)27(5,6)7/h10-12,29,32H,9,13-14H2,1-8H3. The van der Waals surface area contributed by atoms with Crippen molar-refractivity contribution in [2.75, 3.05) is 20.3 Å². The number of amidine groups is 1. The third kappa shape index (κ3) is 4.61. The summed E-state index contributed by atoms with van der Waals surface area (Å²) in [5.74, 6) is -0.463. The maximum Gasteiger partial charge on any atom is 0.197 e. The van der Waals surface area contributed by atoms with Gasteiger partial charge in [-0.2, -0.15) is 0 Å². The molecule has 2 N–H and O–H groups in total. The number of halogens is 1. The number of ketones is 1. The van der Waals surface area contributed by atoms with E-state index in [4.69, 9.17) is 14.9 Å². The Balaban J connectivity index is 1.97. The number of carbonyl (C=O) groups excluding carboxylic acids is 1. The molecule has 0 radical (unpaired) electrons. The molecule has 1 heterocycles. The number of hydrogen-bond acceptors (Lipinski definition) is 5. The van der Waals surface area contributed by atoms with Gasteiger partial charge >= 0.3 is 0 Å². The minimum atomic E-state index is -0.647. The molecule has 1 aliphatic rings. The molecule has 0 spiro atoms. The van der Waals surface area contributed by atoms with Gasteiger partial charge in [0.15, 0.2) is 23.1 Å². The van der Waals surface area contributed by atoms with Gasteiger partial charge in [0.05, 0.1) is 25.8 Å². The number of fused-ring (bicyclic) bond motifs is 1. The van der Waals surface area contributed by atoms with E-state index < -0.39 is 5.82 Å². The number of phenols is 1. The van der Waals surface area contributed by atoms with Crippen molar-refractivity contribution in [3.8, 4) is 17.2 Å². The van der Waals surface area contributed by atoms with Crippen molar-refractivity contribution in [3.63, 3.8) is 0 Å². The van der Waals surface area contributed by atoms with Crippen molar-refractivity contribution in [3.05, 3.63) is 51.8 Å². The molecule has 0 atom stereocenters. The second-order valence-electron chi connectivity index (χ2n) is 10.7. The van der Waals surface area contributed by atoms with Crippen LogP contribution in [0.3, 0.4) is 0 Å². The molecule has 6 nitrogen and oxygen atoms in total. The number of benzene rings is 2. The van der Waals surface area contributed by atoms with Crippen LogP contribution in [0.2, 0.25) is 0 Å². The zero-order valence-corrected chi connectivity index (χ0v) is 21.4. The Morgan fingerprint density at radius 3 is 2.15 bits per heavy atom. The quantitative estimate of drug-likeness (QED) is 0.540. The zero-order valence-electron chi connectivity index (χ0n) is 21.4. The molecule has 0 bridgehead atoms. The molecule has 0 amide bonds. The summed E-state index contributed by atoms with van der Waals surface area (Å²) < 4.78 is 25.9. The summed E-state index contributed by atoms with van der Waals surface area (Å²) in [6.45, 7) is 14.1. The lowest BCUT2D eigenvalue weighted by Crippen LogP contribution is -2.31. The minimum absolute atomic E-state index is 0.0233. The number of ether oxygens (including phenoxy) is 2. The number of nitrogens with one attached hydrogen (secondary N) is 1. The van der Waals surface area contributed by atoms with Gasteiger partial charge in [-0.1, -0.05) is 41.5 Å². The first-order valence-corrected chi connectivity index (χ1v) is 11.5. The first-order valence-electron chi connectivity index (χ1n) is 11.5. The Morgan fingerprint density at radius 1 is 1.12 bits per heavy atom. The molecule has 184 valence electrons.